The summed E-state index contributed by atoms with van der Waals surface area (Å²) in [5, 5.41) is 0.797. The second-order valence-corrected chi connectivity index (χ2v) is 5.38. The molecule has 84 valence electrons. The predicted molar refractivity (Wildman–Crippen MR) is 68.0 cm³/mol. The summed E-state index contributed by atoms with van der Waals surface area (Å²) in [6, 6.07) is 5.96. The number of isocyanates is 1. The lowest BCUT2D eigenvalue weighted by Gasteiger charge is -2.11. The van der Waals surface area contributed by atoms with Gasteiger partial charge in [0.15, 0.2) is 0 Å². The molecule has 0 amide bonds. The van der Waals surface area contributed by atoms with Crippen molar-refractivity contribution in [1.82, 2.24) is 0 Å². The molecule has 0 bridgehead atoms. The molecule has 1 aromatic rings. The van der Waals surface area contributed by atoms with Crippen LogP contribution in [0.25, 0.3) is 0 Å². The molecule has 0 N–H and O–H groups in total. The van der Waals surface area contributed by atoms with E-state index in [4.69, 9.17) is 11.6 Å². The normalized spacial score (nSPS) is 19.4. The average molecular weight is 254 g/mol. The first-order valence-electron chi connectivity index (χ1n) is 5.21. The third-order valence-corrected chi connectivity index (χ3v) is 4.25. The maximum atomic E-state index is 10.0. The van der Waals surface area contributed by atoms with E-state index >= 15 is 0 Å². The molecule has 1 aliphatic heterocycles. The zero-order valence-electron chi connectivity index (χ0n) is 8.78. The highest BCUT2D eigenvalue weighted by atomic mass is 35.5. The molecule has 4 heteroatoms. The first-order chi connectivity index (χ1) is 7.81. The summed E-state index contributed by atoms with van der Waals surface area (Å²) < 4.78 is 0. The summed E-state index contributed by atoms with van der Waals surface area (Å²) in [6.45, 7) is 0.364. The second-order valence-electron chi connectivity index (χ2n) is 3.82. The highest BCUT2D eigenvalue weighted by Crippen LogP contribution is 2.36. The minimum absolute atomic E-state index is 0.364. The Hall–Kier alpha value is -0.760. The van der Waals surface area contributed by atoms with E-state index in [0.29, 0.717) is 12.5 Å². The van der Waals surface area contributed by atoms with E-state index < -0.39 is 0 Å². The van der Waals surface area contributed by atoms with Crippen LogP contribution in [0.4, 0.5) is 0 Å². The van der Waals surface area contributed by atoms with Crippen LogP contribution in [-0.4, -0.2) is 17.6 Å². The van der Waals surface area contributed by atoms with E-state index in [2.05, 4.69) is 11.1 Å². The standard InChI is InChI=1S/C12H12ClNOS/c13-12-5-9(6-14-8-15)1-2-11(12)10-3-4-16-7-10/h1-2,5,10H,3-4,6-7H2. The topological polar surface area (TPSA) is 29.4 Å². The fraction of sp³-hybridized carbons (Fsp3) is 0.417. The van der Waals surface area contributed by atoms with Crippen LogP contribution < -0.4 is 0 Å². The quantitative estimate of drug-likeness (QED) is 0.610. The van der Waals surface area contributed by atoms with Gasteiger partial charge in [0.25, 0.3) is 0 Å². The molecule has 1 atom stereocenters. The van der Waals surface area contributed by atoms with Crippen molar-refractivity contribution in [2.24, 2.45) is 4.99 Å². The Bertz CT molecular complexity index is 423. The van der Waals surface area contributed by atoms with E-state index in [9.17, 15) is 4.79 Å². The Balaban J connectivity index is 2.18. The van der Waals surface area contributed by atoms with Gasteiger partial charge < -0.3 is 0 Å². The predicted octanol–water partition coefficient (Wildman–Crippen LogP) is 3.40. The number of thioether (sulfide) groups is 1. The fourth-order valence-corrected chi connectivity index (χ4v) is 3.51. The first kappa shape index (κ1) is 11.7. The SMILES string of the molecule is O=C=NCc1ccc(C2CCSC2)c(Cl)c1. The van der Waals surface area contributed by atoms with Gasteiger partial charge in [-0.2, -0.15) is 11.8 Å². The van der Waals surface area contributed by atoms with Gasteiger partial charge in [-0.3, -0.25) is 0 Å². The Morgan fingerprint density at radius 1 is 1.56 bits per heavy atom. The minimum Gasteiger partial charge on any atom is -0.211 e. The number of nitrogens with zero attached hydrogens (tertiary/aromatic N) is 1. The van der Waals surface area contributed by atoms with Crippen molar-refractivity contribution in [3.05, 3.63) is 34.3 Å². The summed E-state index contributed by atoms with van der Waals surface area (Å²) in [5.41, 5.74) is 2.19. The van der Waals surface area contributed by atoms with Gasteiger partial charge in [-0.25, -0.2) is 9.79 Å². The third kappa shape index (κ3) is 2.67. The van der Waals surface area contributed by atoms with Crippen molar-refractivity contribution in [3.63, 3.8) is 0 Å². The summed E-state index contributed by atoms with van der Waals surface area (Å²) in [5.74, 6) is 2.96. The molecule has 0 spiro atoms. The van der Waals surface area contributed by atoms with E-state index in [1.165, 1.54) is 23.8 Å². The van der Waals surface area contributed by atoms with Crippen molar-refractivity contribution in [3.8, 4) is 0 Å². The van der Waals surface area contributed by atoms with Gasteiger partial charge in [0.1, 0.15) is 0 Å². The smallest absolute Gasteiger partial charge is 0.211 e. The van der Waals surface area contributed by atoms with E-state index in [1.54, 1.807) is 0 Å². The van der Waals surface area contributed by atoms with Crippen LogP contribution in [-0.2, 0) is 11.3 Å². The van der Waals surface area contributed by atoms with Crippen LogP contribution >= 0.6 is 23.4 Å². The number of carbonyl (C=O) groups excluding carboxylic acids is 1. The van der Waals surface area contributed by atoms with E-state index in [0.717, 1.165) is 16.3 Å². The molecular weight excluding hydrogens is 242 g/mol. The molecule has 1 saturated heterocycles. The van der Waals surface area contributed by atoms with Crippen LogP contribution in [0.5, 0.6) is 0 Å². The molecule has 2 nitrogen and oxygen atoms in total. The highest BCUT2D eigenvalue weighted by molar-refractivity contribution is 7.99. The molecule has 0 radical (unpaired) electrons. The molecule has 0 saturated carbocycles. The van der Waals surface area contributed by atoms with Gasteiger partial charge in [0, 0.05) is 10.8 Å². The summed E-state index contributed by atoms with van der Waals surface area (Å²) >= 11 is 8.21. The molecule has 0 aromatic heterocycles. The number of halogens is 1. The van der Waals surface area contributed by atoms with Crippen molar-refractivity contribution in [2.75, 3.05) is 11.5 Å². The van der Waals surface area contributed by atoms with Crippen LogP contribution in [0.3, 0.4) is 0 Å². The summed E-state index contributed by atoms with van der Waals surface area (Å²) in [7, 11) is 0. The van der Waals surface area contributed by atoms with E-state index in [1.807, 2.05) is 23.9 Å². The van der Waals surface area contributed by atoms with Crippen LogP contribution in [0.2, 0.25) is 5.02 Å². The molecule has 1 unspecified atom stereocenters. The summed E-state index contributed by atoms with van der Waals surface area (Å²) in [4.78, 5) is 13.6. The van der Waals surface area contributed by atoms with Crippen LogP contribution in [0.1, 0.15) is 23.5 Å². The largest absolute Gasteiger partial charge is 0.235 e. The molecule has 1 aromatic carbocycles. The number of benzene rings is 1. The second kappa shape index (κ2) is 5.53. The zero-order valence-corrected chi connectivity index (χ0v) is 10.4. The summed E-state index contributed by atoms with van der Waals surface area (Å²) in [6.07, 6.45) is 2.74. The lowest BCUT2D eigenvalue weighted by atomic mass is 9.97. The van der Waals surface area contributed by atoms with Crippen LogP contribution in [0.15, 0.2) is 23.2 Å². The molecule has 2 rings (SSSR count). The van der Waals surface area contributed by atoms with Gasteiger partial charge in [-0.05, 0) is 35.3 Å². The number of aliphatic imine (C=N–C) groups is 1. The molecular formula is C12H12ClNOS. The maximum Gasteiger partial charge on any atom is 0.235 e. The van der Waals surface area contributed by atoms with E-state index in [-0.39, 0.29) is 0 Å². The Morgan fingerprint density at radius 2 is 2.44 bits per heavy atom. The molecule has 1 heterocycles. The lowest BCUT2D eigenvalue weighted by molar-refractivity contribution is 0.563. The Morgan fingerprint density at radius 3 is 3.06 bits per heavy atom. The Kier molecular flexibility index (Phi) is 4.05. The number of rotatable bonds is 3. The average Bonchev–Trinajstić information content (AvgIpc) is 2.80. The number of hydrogen-bond acceptors (Lipinski definition) is 3. The molecule has 16 heavy (non-hydrogen) atoms. The van der Waals surface area contributed by atoms with Crippen molar-refractivity contribution in [2.45, 2.75) is 18.9 Å². The monoisotopic (exact) mass is 253 g/mol. The van der Waals surface area contributed by atoms with Gasteiger partial charge in [-0.15, -0.1) is 0 Å². The van der Waals surface area contributed by atoms with Crippen molar-refractivity contribution >= 4 is 29.4 Å². The highest BCUT2D eigenvalue weighted by Gasteiger charge is 2.19. The van der Waals surface area contributed by atoms with Crippen molar-refractivity contribution in [1.29, 1.82) is 0 Å². The Labute approximate surface area is 104 Å². The van der Waals surface area contributed by atoms with Crippen molar-refractivity contribution < 1.29 is 4.79 Å². The molecule has 0 aliphatic carbocycles. The molecule has 1 aliphatic rings. The van der Waals surface area contributed by atoms with Gasteiger partial charge in [-0.1, -0.05) is 23.7 Å². The number of hydrogen-bond donors (Lipinski definition) is 0. The van der Waals surface area contributed by atoms with Gasteiger partial charge in [0.05, 0.1) is 6.54 Å². The zero-order chi connectivity index (χ0) is 11.4. The fourth-order valence-electron chi connectivity index (χ4n) is 1.90. The third-order valence-electron chi connectivity index (χ3n) is 2.76. The first-order valence-corrected chi connectivity index (χ1v) is 6.74. The minimum atomic E-state index is 0.364. The van der Waals surface area contributed by atoms with Gasteiger partial charge >= 0.3 is 0 Å². The molecule has 1 fully saturated rings. The van der Waals surface area contributed by atoms with Gasteiger partial charge in [0.2, 0.25) is 6.08 Å². The maximum absolute atomic E-state index is 10.0. The van der Waals surface area contributed by atoms with Crippen LogP contribution in [0, 0.1) is 0 Å². The lowest BCUT2D eigenvalue weighted by Crippen LogP contribution is -1.98.